The molecule has 0 fully saturated rings. The van der Waals surface area contributed by atoms with E-state index in [-0.39, 0.29) is 5.63 Å². The second-order valence-corrected chi connectivity index (χ2v) is 6.23. The summed E-state index contributed by atoms with van der Waals surface area (Å²) in [6.45, 7) is 4.86. The predicted octanol–water partition coefficient (Wildman–Crippen LogP) is 3.18. The van der Waals surface area contributed by atoms with Gasteiger partial charge < -0.3 is 13.7 Å². The van der Waals surface area contributed by atoms with Crippen LogP contribution in [0.3, 0.4) is 0 Å². The molecule has 1 atom stereocenters. The Morgan fingerprint density at radius 1 is 1.25 bits per heavy atom. The molecule has 0 unspecified atom stereocenters. The third-order valence-electron chi connectivity index (χ3n) is 4.88. The molecule has 1 aliphatic rings. The van der Waals surface area contributed by atoms with Crippen LogP contribution >= 0.6 is 0 Å². The summed E-state index contributed by atoms with van der Waals surface area (Å²) in [6, 6.07) is 11.8. The topological polar surface area (TPSA) is 47.6 Å². The van der Waals surface area contributed by atoms with Crippen LogP contribution in [-0.4, -0.2) is 23.1 Å². The van der Waals surface area contributed by atoms with E-state index in [2.05, 4.69) is 34.7 Å². The van der Waals surface area contributed by atoms with Gasteiger partial charge in [-0.15, -0.1) is 0 Å². The summed E-state index contributed by atoms with van der Waals surface area (Å²) in [7, 11) is 1.60. The van der Waals surface area contributed by atoms with Gasteiger partial charge in [0.15, 0.2) is 0 Å². The fourth-order valence-corrected chi connectivity index (χ4v) is 3.53. The van der Waals surface area contributed by atoms with Crippen LogP contribution in [-0.2, 0) is 13.1 Å². The number of fused-ring (bicyclic) bond motifs is 2. The molecule has 124 valence electrons. The summed E-state index contributed by atoms with van der Waals surface area (Å²) in [6.07, 6.45) is 2.13. The average Bonchev–Trinajstić information content (AvgIpc) is 3.06. The van der Waals surface area contributed by atoms with E-state index in [4.69, 9.17) is 9.15 Å². The highest BCUT2D eigenvalue weighted by atomic mass is 16.5. The fraction of sp³-hybridized carbons (Fsp3) is 0.316. The van der Waals surface area contributed by atoms with Crippen molar-refractivity contribution in [3.05, 3.63) is 64.3 Å². The van der Waals surface area contributed by atoms with Gasteiger partial charge in [0.05, 0.1) is 7.11 Å². The Labute approximate surface area is 140 Å². The van der Waals surface area contributed by atoms with Crippen LogP contribution in [0.4, 0.5) is 0 Å². The zero-order valence-electron chi connectivity index (χ0n) is 13.9. The molecule has 0 aliphatic carbocycles. The van der Waals surface area contributed by atoms with Crippen molar-refractivity contribution >= 4 is 11.0 Å². The maximum absolute atomic E-state index is 12.0. The van der Waals surface area contributed by atoms with Gasteiger partial charge in [-0.05, 0) is 36.8 Å². The first kappa shape index (κ1) is 15.0. The van der Waals surface area contributed by atoms with Crippen LogP contribution < -0.4 is 10.4 Å². The second-order valence-electron chi connectivity index (χ2n) is 6.23. The van der Waals surface area contributed by atoms with E-state index in [1.54, 1.807) is 19.2 Å². The minimum absolute atomic E-state index is 0.314. The van der Waals surface area contributed by atoms with Crippen molar-refractivity contribution in [2.45, 2.75) is 26.1 Å². The number of hydrogen-bond donors (Lipinski definition) is 0. The van der Waals surface area contributed by atoms with Crippen molar-refractivity contribution in [1.82, 2.24) is 9.47 Å². The summed E-state index contributed by atoms with van der Waals surface area (Å²) in [4.78, 5) is 14.4. The number of rotatable bonds is 3. The van der Waals surface area contributed by atoms with E-state index >= 15 is 0 Å². The number of benzene rings is 1. The molecule has 0 saturated carbocycles. The molecular weight excluding hydrogens is 304 g/mol. The normalized spacial score (nSPS) is 17.8. The molecule has 24 heavy (non-hydrogen) atoms. The lowest BCUT2D eigenvalue weighted by Gasteiger charge is -2.35. The first-order chi connectivity index (χ1) is 11.7. The summed E-state index contributed by atoms with van der Waals surface area (Å²) in [5.41, 5.74) is 2.56. The third kappa shape index (κ3) is 2.51. The van der Waals surface area contributed by atoms with Gasteiger partial charge >= 0.3 is 5.63 Å². The highest BCUT2D eigenvalue weighted by Gasteiger charge is 2.24. The highest BCUT2D eigenvalue weighted by Crippen LogP contribution is 2.29. The smallest absolute Gasteiger partial charge is 0.336 e. The van der Waals surface area contributed by atoms with Crippen LogP contribution in [0.25, 0.3) is 11.0 Å². The number of nitrogens with zero attached hydrogens (tertiary/aromatic N) is 2. The molecule has 4 rings (SSSR count). The van der Waals surface area contributed by atoms with Gasteiger partial charge in [0.25, 0.3) is 0 Å². The zero-order chi connectivity index (χ0) is 16.7. The number of hydrogen-bond acceptors (Lipinski definition) is 4. The van der Waals surface area contributed by atoms with Crippen molar-refractivity contribution < 1.29 is 9.15 Å². The van der Waals surface area contributed by atoms with Crippen molar-refractivity contribution in [3.8, 4) is 5.75 Å². The van der Waals surface area contributed by atoms with Crippen LogP contribution in [0.5, 0.6) is 5.75 Å². The number of ether oxygens (including phenoxy) is 1. The molecule has 3 heterocycles. The Morgan fingerprint density at radius 2 is 2.12 bits per heavy atom. The monoisotopic (exact) mass is 324 g/mol. The van der Waals surface area contributed by atoms with Gasteiger partial charge in [-0.25, -0.2) is 4.79 Å². The molecule has 0 spiro atoms. The minimum atomic E-state index is -0.321. The van der Waals surface area contributed by atoms with E-state index in [1.807, 2.05) is 12.1 Å². The molecule has 3 aromatic rings. The zero-order valence-corrected chi connectivity index (χ0v) is 13.9. The maximum Gasteiger partial charge on any atom is 0.336 e. The Kier molecular flexibility index (Phi) is 3.65. The highest BCUT2D eigenvalue weighted by molar-refractivity contribution is 5.81. The SMILES string of the molecule is COc1ccc2c(CN3CCn4cccc4[C@H]3C)cc(=O)oc2c1. The molecule has 2 aromatic heterocycles. The minimum Gasteiger partial charge on any atom is -0.497 e. The van der Waals surface area contributed by atoms with E-state index in [1.165, 1.54) is 5.69 Å². The van der Waals surface area contributed by atoms with Gasteiger partial charge in [-0.1, -0.05) is 0 Å². The Morgan fingerprint density at radius 3 is 2.96 bits per heavy atom. The molecular formula is C19H20N2O3. The van der Waals surface area contributed by atoms with Crippen LogP contribution in [0.1, 0.15) is 24.2 Å². The van der Waals surface area contributed by atoms with Gasteiger partial charge in [-0.3, -0.25) is 4.90 Å². The van der Waals surface area contributed by atoms with Crippen LogP contribution in [0.2, 0.25) is 0 Å². The Balaban J connectivity index is 1.71. The fourth-order valence-electron chi connectivity index (χ4n) is 3.53. The standard InChI is InChI=1S/C19H20N2O3/c1-13-17-4-3-7-20(17)8-9-21(13)12-14-10-19(22)24-18-11-15(23-2)5-6-16(14)18/h3-7,10-11,13H,8-9,12H2,1-2H3/t13-/m1/s1. The number of methoxy groups -OCH3 is 1. The van der Waals surface area contributed by atoms with Crippen molar-refractivity contribution in [3.63, 3.8) is 0 Å². The Hall–Kier alpha value is -2.53. The molecule has 0 bridgehead atoms. The molecule has 0 amide bonds. The van der Waals surface area contributed by atoms with Gasteiger partial charge in [0.2, 0.25) is 0 Å². The van der Waals surface area contributed by atoms with Gasteiger partial charge in [0.1, 0.15) is 11.3 Å². The molecule has 0 radical (unpaired) electrons. The van der Waals surface area contributed by atoms with Gasteiger partial charge in [-0.2, -0.15) is 0 Å². The maximum atomic E-state index is 12.0. The number of aromatic nitrogens is 1. The largest absolute Gasteiger partial charge is 0.497 e. The van der Waals surface area contributed by atoms with Crippen molar-refractivity contribution in [2.75, 3.05) is 13.7 Å². The summed E-state index contributed by atoms with van der Waals surface area (Å²) >= 11 is 0. The average molecular weight is 324 g/mol. The van der Waals surface area contributed by atoms with Crippen LogP contribution in [0, 0.1) is 0 Å². The molecule has 0 N–H and O–H groups in total. The lowest BCUT2D eigenvalue weighted by Crippen LogP contribution is -2.36. The molecule has 5 heteroatoms. The summed E-state index contributed by atoms with van der Waals surface area (Å²) < 4.78 is 12.9. The summed E-state index contributed by atoms with van der Waals surface area (Å²) in [5, 5.41) is 0.962. The van der Waals surface area contributed by atoms with Crippen LogP contribution in [0.15, 0.2) is 51.8 Å². The summed E-state index contributed by atoms with van der Waals surface area (Å²) in [5.74, 6) is 0.687. The van der Waals surface area contributed by atoms with E-state index in [0.29, 0.717) is 17.4 Å². The predicted molar refractivity (Wildman–Crippen MR) is 92.3 cm³/mol. The van der Waals surface area contributed by atoms with Gasteiger partial charge in [0, 0.05) is 55.1 Å². The first-order valence-electron chi connectivity index (χ1n) is 8.15. The van der Waals surface area contributed by atoms with E-state index in [0.717, 1.165) is 30.6 Å². The quantitative estimate of drug-likeness (QED) is 0.694. The molecule has 0 saturated heterocycles. The van der Waals surface area contributed by atoms with Crippen molar-refractivity contribution in [2.24, 2.45) is 0 Å². The molecule has 1 aromatic carbocycles. The molecule has 1 aliphatic heterocycles. The van der Waals surface area contributed by atoms with E-state index < -0.39 is 0 Å². The lowest BCUT2D eigenvalue weighted by atomic mass is 10.1. The Bertz CT molecular complexity index is 941. The van der Waals surface area contributed by atoms with Crippen molar-refractivity contribution in [1.29, 1.82) is 0 Å². The molecule has 5 nitrogen and oxygen atoms in total. The third-order valence-corrected chi connectivity index (χ3v) is 4.88. The lowest BCUT2D eigenvalue weighted by molar-refractivity contribution is 0.161. The first-order valence-corrected chi connectivity index (χ1v) is 8.15. The van der Waals surface area contributed by atoms with E-state index in [9.17, 15) is 4.79 Å². The second kappa shape index (κ2) is 5.83.